The third-order valence-corrected chi connectivity index (χ3v) is 6.59. The molecule has 0 spiro atoms. The van der Waals surface area contributed by atoms with E-state index in [1.807, 2.05) is 26.1 Å². The van der Waals surface area contributed by atoms with Crippen molar-refractivity contribution in [3.8, 4) is 0 Å². The lowest BCUT2D eigenvalue weighted by Gasteiger charge is -2.23. The summed E-state index contributed by atoms with van der Waals surface area (Å²) in [6.45, 7) is 2.42. The molecule has 1 aliphatic heterocycles. The highest BCUT2D eigenvalue weighted by Crippen LogP contribution is 2.36. The number of nitrogens with zero attached hydrogens (tertiary/aromatic N) is 5. The summed E-state index contributed by atoms with van der Waals surface area (Å²) in [6.07, 6.45) is 4.84. The lowest BCUT2D eigenvalue weighted by atomic mass is 10.2. The minimum Gasteiger partial charge on any atom is -0.319 e. The van der Waals surface area contributed by atoms with Gasteiger partial charge in [-0.2, -0.15) is 4.31 Å². The molecule has 0 N–H and O–H groups in total. The fourth-order valence-electron chi connectivity index (χ4n) is 3.46. The molecular weight excluding hydrogens is 338 g/mol. The molecule has 0 amide bonds. The summed E-state index contributed by atoms with van der Waals surface area (Å²) in [5.41, 5.74) is 1.51. The first kappa shape index (κ1) is 16.2. The number of hydrogen-bond acceptors (Lipinski definition) is 5. The molecule has 1 fully saturated rings. The van der Waals surface area contributed by atoms with Gasteiger partial charge in [0.1, 0.15) is 11.2 Å². The predicted molar refractivity (Wildman–Crippen MR) is 93.3 cm³/mol. The number of aromatic nitrogens is 4. The second-order valence-electron chi connectivity index (χ2n) is 6.41. The van der Waals surface area contributed by atoms with E-state index in [0.29, 0.717) is 17.9 Å². The van der Waals surface area contributed by atoms with Crippen LogP contribution in [0.4, 0.5) is 0 Å². The Labute approximate surface area is 146 Å². The maximum absolute atomic E-state index is 13.4. The number of hydrogen-bond donors (Lipinski definition) is 0. The maximum atomic E-state index is 13.4. The number of para-hydroxylation sites is 1. The molecule has 3 heterocycles. The third kappa shape index (κ3) is 2.61. The minimum atomic E-state index is -3.68. The Morgan fingerprint density at radius 3 is 2.88 bits per heavy atom. The minimum absolute atomic E-state index is 0.249. The van der Waals surface area contributed by atoms with Gasteiger partial charge in [0.2, 0.25) is 10.0 Å². The fourth-order valence-corrected chi connectivity index (χ4v) is 5.28. The standard InChI is InChI=1S/C17H19N5O2S/c1-12-9-13-5-3-7-15(16(13)18-10-12)25(23,24)22-8-4-6-14(22)17-20-19-11-21(17)2/h3,5,7,9-11,14H,4,6,8H2,1-2H3/t14-/m1/s1. The van der Waals surface area contributed by atoms with Gasteiger partial charge in [-0.1, -0.05) is 12.1 Å². The number of rotatable bonds is 3. The van der Waals surface area contributed by atoms with Gasteiger partial charge in [-0.3, -0.25) is 4.98 Å². The first-order valence-electron chi connectivity index (χ1n) is 8.19. The van der Waals surface area contributed by atoms with Gasteiger partial charge in [0.25, 0.3) is 0 Å². The third-order valence-electron chi connectivity index (χ3n) is 4.65. The number of fused-ring (bicyclic) bond motifs is 1. The average molecular weight is 357 g/mol. The highest BCUT2D eigenvalue weighted by atomic mass is 32.2. The summed E-state index contributed by atoms with van der Waals surface area (Å²) in [6, 6.07) is 6.94. The van der Waals surface area contributed by atoms with Crippen LogP contribution in [-0.4, -0.2) is 39.0 Å². The van der Waals surface area contributed by atoms with Crippen molar-refractivity contribution >= 4 is 20.9 Å². The largest absolute Gasteiger partial charge is 0.319 e. The Balaban J connectivity index is 1.83. The molecule has 130 valence electrons. The van der Waals surface area contributed by atoms with Crippen LogP contribution in [0.25, 0.3) is 10.9 Å². The SMILES string of the molecule is Cc1cnc2c(S(=O)(=O)N3CCC[C@@H]3c3nncn3C)cccc2c1. The van der Waals surface area contributed by atoms with Crippen molar-refractivity contribution < 1.29 is 8.42 Å². The Hall–Kier alpha value is -2.32. The van der Waals surface area contributed by atoms with E-state index in [1.54, 1.807) is 29.2 Å². The zero-order valence-corrected chi connectivity index (χ0v) is 14.9. The molecule has 0 saturated carbocycles. The Bertz CT molecular complexity index is 1040. The van der Waals surface area contributed by atoms with Crippen molar-refractivity contribution in [3.63, 3.8) is 0 Å². The van der Waals surface area contributed by atoms with Crippen molar-refractivity contribution in [3.05, 3.63) is 48.2 Å². The molecule has 0 aliphatic carbocycles. The summed E-state index contributed by atoms with van der Waals surface area (Å²) < 4.78 is 30.1. The molecule has 8 heteroatoms. The summed E-state index contributed by atoms with van der Waals surface area (Å²) in [7, 11) is -1.85. The van der Waals surface area contributed by atoms with Crippen molar-refractivity contribution in [1.82, 2.24) is 24.1 Å². The van der Waals surface area contributed by atoms with E-state index in [1.165, 1.54) is 4.31 Å². The fraction of sp³-hybridized carbons (Fsp3) is 0.353. The molecule has 1 aromatic carbocycles. The summed E-state index contributed by atoms with van der Waals surface area (Å²) in [5, 5.41) is 8.84. The van der Waals surface area contributed by atoms with Crippen LogP contribution in [0.5, 0.6) is 0 Å². The number of pyridine rings is 1. The van der Waals surface area contributed by atoms with E-state index in [4.69, 9.17) is 0 Å². The lowest BCUT2D eigenvalue weighted by molar-refractivity contribution is 0.377. The van der Waals surface area contributed by atoms with Crippen LogP contribution in [-0.2, 0) is 17.1 Å². The number of benzene rings is 1. The van der Waals surface area contributed by atoms with Crippen LogP contribution >= 0.6 is 0 Å². The number of sulfonamides is 1. The first-order chi connectivity index (χ1) is 12.0. The van der Waals surface area contributed by atoms with Gasteiger partial charge in [0.15, 0.2) is 5.82 Å². The van der Waals surface area contributed by atoms with Crippen LogP contribution in [0.2, 0.25) is 0 Å². The highest BCUT2D eigenvalue weighted by molar-refractivity contribution is 7.89. The second kappa shape index (κ2) is 5.89. The van der Waals surface area contributed by atoms with E-state index in [9.17, 15) is 8.42 Å². The van der Waals surface area contributed by atoms with Gasteiger partial charge < -0.3 is 4.57 Å². The topological polar surface area (TPSA) is 81.0 Å². The molecule has 0 radical (unpaired) electrons. The van der Waals surface area contributed by atoms with Gasteiger partial charge in [-0.15, -0.1) is 10.2 Å². The zero-order chi connectivity index (χ0) is 17.6. The molecular formula is C17H19N5O2S. The zero-order valence-electron chi connectivity index (χ0n) is 14.1. The molecule has 2 aromatic heterocycles. The van der Waals surface area contributed by atoms with Crippen LogP contribution in [0, 0.1) is 6.92 Å². The van der Waals surface area contributed by atoms with Crippen LogP contribution in [0.1, 0.15) is 30.3 Å². The van der Waals surface area contributed by atoms with E-state index < -0.39 is 10.0 Å². The Morgan fingerprint density at radius 2 is 2.12 bits per heavy atom. The van der Waals surface area contributed by atoms with Gasteiger partial charge in [0, 0.05) is 25.2 Å². The maximum Gasteiger partial charge on any atom is 0.245 e. The molecule has 4 rings (SSSR count). The molecule has 7 nitrogen and oxygen atoms in total. The predicted octanol–water partition coefficient (Wildman–Crippen LogP) is 2.20. The van der Waals surface area contributed by atoms with Crippen molar-refractivity contribution in [1.29, 1.82) is 0 Å². The van der Waals surface area contributed by atoms with Crippen molar-refractivity contribution in [2.75, 3.05) is 6.54 Å². The molecule has 0 bridgehead atoms. The van der Waals surface area contributed by atoms with Gasteiger partial charge in [-0.05, 0) is 37.5 Å². The second-order valence-corrected chi connectivity index (χ2v) is 8.27. The average Bonchev–Trinajstić information content (AvgIpc) is 3.22. The summed E-state index contributed by atoms with van der Waals surface area (Å²) in [4.78, 5) is 4.63. The first-order valence-corrected chi connectivity index (χ1v) is 9.63. The van der Waals surface area contributed by atoms with E-state index in [0.717, 1.165) is 23.8 Å². The van der Waals surface area contributed by atoms with Gasteiger partial charge in [0.05, 0.1) is 11.6 Å². The van der Waals surface area contributed by atoms with Crippen LogP contribution < -0.4 is 0 Å². The Kier molecular flexibility index (Phi) is 3.81. The molecule has 1 aliphatic rings. The van der Waals surface area contributed by atoms with Crippen molar-refractivity contribution in [2.24, 2.45) is 7.05 Å². The molecule has 1 saturated heterocycles. The van der Waals surface area contributed by atoms with Gasteiger partial charge in [-0.25, -0.2) is 8.42 Å². The number of aryl methyl sites for hydroxylation is 2. The molecule has 25 heavy (non-hydrogen) atoms. The van der Waals surface area contributed by atoms with E-state index in [-0.39, 0.29) is 10.9 Å². The smallest absolute Gasteiger partial charge is 0.245 e. The molecule has 3 aromatic rings. The lowest BCUT2D eigenvalue weighted by Crippen LogP contribution is -2.32. The van der Waals surface area contributed by atoms with E-state index >= 15 is 0 Å². The molecule has 0 unspecified atom stereocenters. The van der Waals surface area contributed by atoms with Crippen molar-refractivity contribution in [2.45, 2.75) is 30.7 Å². The Morgan fingerprint density at radius 1 is 1.28 bits per heavy atom. The summed E-state index contributed by atoms with van der Waals surface area (Å²) >= 11 is 0. The van der Waals surface area contributed by atoms with Crippen LogP contribution in [0.15, 0.2) is 41.7 Å². The normalized spacial score (nSPS) is 18.9. The highest BCUT2D eigenvalue weighted by Gasteiger charge is 2.39. The quantitative estimate of drug-likeness (QED) is 0.718. The summed E-state index contributed by atoms with van der Waals surface area (Å²) in [5.74, 6) is 0.671. The monoisotopic (exact) mass is 357 g/mol. The van der Waals surface area contributed by atoms with E-state index in [2.05, 4.69) is 15.2 Å². The molecule has 1 atom stereocenters. The van der Waals surface area contributed by atoms with Crippen LogP contribution in [0.3, 0.4) is 0 Å². The van der Waals surface area contributed by atoms with Gasteiger partial charge >= 0.3 is 0 Å².